The molecule has 1 aromatic carbocycles. The molecule has 0 aliphatic carbocycles. The third-order valence-electron chi connectivity index (χ3n) is 4.13. The van der Waals surface area contributed by atoms with Crippen LogP contribution in [0.15, 0.2) is 22.7 Å². The molecule has 2 rings (SSSR count). The average Bonchev–Trinajstić information content (AvgIpc) is 2.45. The molecule has 2 amide bonds. The lowest BCUT2D eigenvalue weighted by molar-refractivity contribution is -0.132. The Bertz CT molecular complexity index is 574. The van der Waals surface area contributed by atoms with E-state index in [0.717, 1.165) is 35.2 Å². The van der Waals surface area contributed by atoms with Crippen molar-refractivity contribution in [2.24, 2.45) is 5.92 Å². The van der Waals surface area contributed by atoms with Gasteiger partial charge in [0.15, 0.2) is 0 Å². The first-order valence-corrected chi connectivity index (χ1v) is 8.50. The fourth-order valence-corrected chi connectivity index (χ4v) is 3.41. The molecule has 1 atom stereocenters. The summed E-state index contributed by atoms with van der Waals surface area (Å²) in [4.78, 5) is 28.0. The first-order valence-electron chi connectivity index (χ1n) is 7.70. The highest BCUT2D eigenvalue weighted by Crippen LogP contribution is 2.24. The van der Waals surface area contributed by atoms with Crippen LogP contribution in [0.1, 0.15) is 32.3 Å². The van der Waals surface area contributed by atoms with Crippen molar-refractivity contribution in [2.45, 2.75) is 33.6 Å². The normalized spacial score (nSPS) is 18.2. The Kier molecular flexibility index (Phi) is 5.62. The van der Waals surface area contributed by atoms with Gasteiger partial charge in [-0.15, -0.1) is 0 Å². The van der Waals surface area contributed by atoms with Gasteiger partial charge in [-0.3, -0.25) is 9.59 Å². The fraction of sp³-hybridized carbons (Fsp3) is 0.529. The van der Waals surface area contributed by atoms with Crippen LogP contribution in [0.4, 0.5) is 5.69 Å². The van der Waals surface area contributed by atoms with Crippen LogP contribution in [0.2, 0.25) is 0 Å². The molecule has 1 heterocycles. The number of rotatable bonds is 3. The second-order valence-corrected chi connectivity index (χ2v) is 7.04. The Labute approximate surface area is 140 Å². The summed E-state index contributed by atoms with van der Waals surface area (Å²) >= 11 is 3.42. The highest BCUT2D eigenvalue weighted by Gasteiger charge is 2.24. The summed E-state index contributed by atoms with van der Waals surface area (Å²) in [5.41, 5.74) is 1.78. The molecule has 0 bridgehead atoms. The zero-order valence-corrected chi connectivity index (χ0v) is 15.0. The van der Waals surface area contributed by atoms with Gasteiger partial charge in [0.25, 0.3) is 0 Å². The van der Waals surface area contributed by atoms with Crippen LogP contribution in [0.3, 0.4) is 0 Å². The van der Waals surface area contributed by atoms with Crippen molar-refractivity contribution in [1.82, 2.24) is 4.90 Å². The summed E-state index contributed by atoms with van der Waals surface area (Å²) in [5.74, 6) is 0.464. The number of halogens is 1. The van der Waals surface area contributed by atoms with Crippen LogP contribution >= 0.6 is 15.9 Å². The van der Waals surface area contributed by atoms with E-state index in [2.05, 4.69) is 22.9 Å². The number of piperidine rings is 1. The summed E-state index contributed by atoms with van der Waals surface area (Å²) in [7, 11) is 0. The Morgan fingerprint density at radius 3 is 2.73 bits per heavy atom. The van der Waals surface area contributed by atoms with Gasteiger partial charge in [0.2, 0.25) is 11.8 Å². The number of hydrogen-bond acceptors (Lipinski definition) is 2. The van der Waals surface area contributed by atoms with E-state index in [1.165, 1.54) is 13.3 Å². The Morgan fingerprint density at radius 2 is 2.14 bits per heavy atom. The van der Waals surface area contributed by atoms with Gasteiger partial charge in [-0.25, -0.2) is 0 Å². The minimum absolute atomic E-state index is 0.0315. The Balaban J connectivity index is 2.15. The van der Waals surface area contributed by atoms with E-state index in [1.54, 1.807) is 4.90 Å². The van der Waals surface area contributed by atoms with Crippen LogP contribution in [-0.4, -0.2) is 36.3 Å². The number of likely N-dealkylation sites (tertiary alicyclic amines) is 1. The summed E-state index contributed by atoms with van der Waals surface area (Å²) in [6.07, 6.45) is 2.22. The molecule has 5 heteroatoms. The van der Waals surface area contributed by atoms with Crippen molar-refractivity contribution < 1.29 is 9.59 Å². The number of benzene rings is 1. The van der Waals surface area contributed by atoms with Gasteiger partial charge in [0.1, 0.15) is 6.54 Å². The largest absolute Gasteiger partial charge is 0.341 e. The van der Waals surface area contributed by atoms with E-state index >= 15 is 0 Å². The average molecular weight is 367 g/mol. The van der Waals surface area contributed by atoms with Gasteiger partial charge in [0.05, 0.1) is 0 Å². The first-order chi connectivity index (χ1) is 10.4. The van der Waals surface area contributed by atoms with Crippen molar-refractivity contribution >= 4 is 33.4 Å². The van der Waals surface area contributed by atoms with Crippen LogP contribution in [-0.2, 0) is 9.59 Å². The molecule has 0 spiro atoms. The summed E-state index contributed by atoms with van der Waals surface area (Å²) in [6, 6.07) is 5.73. The number of anilines is 1. The number of amides is 2. The summed E-state index contributed by atoms with van der Waals surface area (Å²) in [5, 5.41) is 0. The van der Waals surface area contributed by atoms with Gasteiger partial charge >= 0.3 is 0 Å². The standard InChI is InChI=1S/C17H23BrN2O2/c1-12-5-4-8-19(10-12)17(22)11-20(14(3)21)16-7-6-15(18)9-13(16)2/h6-7,9,12H,4-5,8,10-11H2,1-3H3. The van der Waals surface area contributed by atoms with Crippen molar-refractivity contribution in [3.05, 3.63) is 28.2 Å². The predicted octanol–water partition coefficient (Wildman–Crippen LogP) is 3.37. The topological polar surface area (TPSA) is 40.6 Å². The third kappa shape index (κ3) is 4.09. The Morgan fingerprint density at radius 1 is 1.41 bits per heavy atom. The number of aryl methyl sites for hydroxylation is 1. The third-order valence-corrected chi connectivity index (χ3v) is 4.63. The quantitative estimate of drug-likeness (QED) is 0.822. The van der Waals surface area contributed by atoms with E-state index < -0.39 is 0 Å². The monoisotopic (exact) mass is 366 g/mol. The van der Waals surface area contributed by atoms with Crippen molar-refractivity contribution in [1.29, 1.82) is 0 Å². The van der Waals surface area contributed by atoms with Crippen LogP contribution < -0.4 is 4.90 Å². The number of carbonyl (C=O) groups excluding carboxylic acids is 2. The van der Waals surface area contributed by atoms with E-state index in [-0.39, 0.29) is 18.4 Å². The number of carbonyl (C=O) groups is 2. The number of hydrogen-bond donors (Lipinski definition) is 0. The Hall–Kier alpha value is -1.36. The fourth-order valence-electron chi connectivity index (χ4n) is 2.94. The lowest BCUT2D eigenvalue weighted by Crippen LogP contribution is -2.46. The maximum absolute atomic E-state index is 12.5. The molecule has 120 valence electrons. The van der Waals surface area contributed by atoms with Crippen molar-refractivity contribution in [3.8, 4) is 0 Å². The molecule has 1 unspecified atom stereocenters. The lowest BCUT2D eigenvalue weighted by Gasteiger charge is -2.33. The number of nitrogens with zero attached hydrogens (tertiary/aromatic N) is 2. The van der Waals surface area contributed by atoms with Gasteiger partial charge in [-0.1, -0.05) is 22.9 Å². The highest BCUT2D eigenvalue weighted by atomic mass is 79.9. The summed E-state index contributed by atoms with van der Waals surface area (Å²) in [6.45, 7) is 7.33. The molecule has 4 nitrogen and oxygen atoms in total. The SMILES string of the molecule is CC(=O)N(CC(=O)N1CCCC(C)C1)c1ccc(Br)cc1C. The zero-order valence-electron chi connectivity index (χ0n) is 13.4. The van der Waals surface area contributed by atoms with Gasteiger partial charge in [-0.05, 0) is 49.4 Å². The van der Waals surface area contributed by atoms with Crippen LogP contribution in [0.5, 0.6) is 0 Å². The maximum atomic E-state index is 12.5. The molecule has 1 aliphatic rings. The van der Waals surface area contributed by atoms with Gasteiger partial charge in [0, 0.05) is 30.2 Å². The van der Waals surface area contributed by atoms with E-state index in [9.17, 15) is 9.59 Å². The van der Waals surface area contributed by atoms with Gasteiger partial charge in [-0.2, -0.15) is 0 Å². The molecule has 22 heavy (non-hydrogen) atoms. The first kappa shape index (κ1) is 17.0. The molecule has 1 aliphatic heterocycles. The summed E-state index contributed by atoms with van der Waals surface area (Å²) < 4.78 is 0.966. The van der Waals surface area contributed by atoms with Crippen LogP contribution in [0, 0.1) is 12.8 Å². The minimum atomic E-state index is -0.108. The van der Waals surface area contributed by atoms with Crippen molar-refractivity contribution in [2.75, 3.05) is 24.5 Å². The molecule has 0 saturated carbocycles. The molecular weight excluding hydrogens is 344 g/mol. The van der Waals surface area contributed by atoms with Gasteiger partial charge < -0.3 is 9.80 Å². The zero-order chi connectivity index (χ0) is 16.3. The minimum Gasteiger partial charge on any atom is -0.341 e. The van der Waals surface area contributed by atoms with E-state index in [1.807, 2.05) is 30.0 Å². The molecule has 0 N–H and O–H groups in total. The van der Waals surface area contributed by atoms with Crippen LogP contribution in [0.25, 0.3) is 0 Å². The molecule has 1 fully saturated rings. The predicted molar refractivity (Wildman–Crippen MR) is 91.9 cm³/mol. The van der Waals surface area contributed by atoms with Crippen molar-refractivity contribution in [3.63, 3.8) is 0 Å². The highest BCUT2D eigenvalue weighted by molar-refractivity contribution is 9.10. The second kappa shape index (κ2) is 7.27. The lowest BCUT2D eigenvalue weighted by atomic mass is 10.0. The molecule has 1 saturated heterocycles. The smallest absolute Gasteiger partial charge is 0.242 e. The van der Waals surface area contributed by atoms with E-state index in [0.29, 0.717) is 5.92 Å². The molecule has 1 aromatic rings. The second-order valence-electron chi connectivity index (χ2n) is 6.12. The molecule has 0 radical (unpaired) electrons. The molecule has 0 aromatic heterocycles. The maximum Gasteiger partial charge on any atom is 0.242 e. The van der Waals surface area contributed by atoms with E-state index in [4.69, 9.17) is 0 Å². The molecular formula is C17H23BrN2O2.